The second-order valence-corrected chi connectivity index (χ2v) is 8.02. The third-order valence-corrected chi connectivity index (χ3v) is 4.98. The summed E-state index contributed by atoms with van der Waals surface area (Å²) in [7, 11) is 0. The summed E-state index contributed by atoms with van der Waals surface area (Å²) in [5.74, 6) is 1.29. The summed E-state index contributed by atoms with van der Waals surface area (Å²) >= 11 is 0. The highest BCUT2D eigenvalue weighted by Crippen LogP contribution is 2.30. The maximum Gasteiger partial charge on any atom is 0.282 e. The second-order valence-electron chi connectivity index (χ2n) is 8.02. The Labute approximate surface area is 191 Å². The average Bonchev–Trinajstić information content (AvgIpc) is 3.14. The highest BCUT2D eigenvalue weighted by molar-refractivity contribution is 6.33. The van der Waals surface area contributed by atoms with E-state index in [1.165, 1.54) is 17.0 Å². The van der Waals surface area contributed by atoms with Crippen molar-refractivity contribution in [1.29, 1.82) is 0 Å². The van der Waals surface area contributed by atoms with Gasteiger partial charge in [0, 0.05) is 17.7 Å². The van der Waals surface area contributed by atoms with Gasteiger partial charge >= 0.3 is 0 Å². The van der Waals surface area contributed by atoms with Crippen LogP contribution in [0.5, 0.6) is 5.75 Å². The lowest BCUT2D eigenvalue weighted by atomic mass is 10.1. The van der Waals surface area contributed by atoms with Crippen LogP contribution in [0.2, 0.25) is 0 Å². The Bertz CT molecular complexity index is 1210. The summed E-state index contributed by atoms with van der Waals surface area (Å²) in [5.41, 5.74) is 2.33. The first-order valence-electron chi connectivity index (χ1n) is 10.6. The number of hydrogen-bond donors (Lipinski definition) is 0. The van der Waals surface area contributed by atoms with Crippen LogP contribution in [-0.4, -0.2) is 23.3 Å². The van der Waals surface area contributed by atoms with E-state index in [-0.39, 0.29) is 17.3 Å². The molecule has 1 aliphatic heterocycles. The zero-order valence-electron chi connectivity index (χ0n) is 18.3. The second kappa shape index (κ2) is 9.48. The Hall–Kier alpha value is -4.26. The largest absolute Gasteiger partial charge is 0.493 e. The van der Waals surface area contributed by atoms with Crippen LogP contribution in [0.25, 0.3) is 6.08 Å². The van der Waals surface area contributed by atoms with Crippen LogP contribution in [0.4, 0.5) is 11.4 Å². The number of nitrogens with zero attached hydrogens (tertiary/aromatic N) is 3. The van der Waals surface area contributed by atoms with Crippen molar-refractivity contribution in [2.45, 2.75) is 13.8 Å². The third kappa shape index (κ3) is 4.98. The molecule has 0 bridgehead atoms. The molecule has 0 aromatic heterocycles. The first-order valence-corrected chi connectivity index (χ1v) is 10.6. The minimum atomic E-state index is -0.471. The number of anilines is 1. The van der Waals surface area contributed by atoms with Gasteiger partial charge in [0.2, 0.25) is 0 Å². The van der Waals surface area contributed by atoms with E-state index >= 15 is 0 Å². The lowest BCUT2D eigenvalue weighted by molar-refractivity contribution is -0.384. The van der Waals surface area contributed by atoms with E-state index < -0.39 is 4.92 Å². The molecule has 1 aliphatic rings. The highest BCUT2D eigenvalue weighted by Gasteiger charge is 2.32. The Kier molecular flexibility index (Phi) is 6.31. The van der Waals surface area contributed by atoms with Crippen LogP contribution < -0.4 is 9.64 Å². The van der Waals surface area contributed by atoms with E-state index in [9.17, 15) is 14.9 Å². The van der Waals surface area contributed by atoms with Crippen LogP contribution in [0.3, 0.4) is 0 Å². The molecule has 0 saturated carbocycles. The van der Waals surface area contributed by atoms with E-state index in [1.54, 1.807) is 18.2 Å². The van der Waals surface area contributed by atoms with Gasteiger partial charge in [0.25, 0.3) is 11.6 Å². The molecule has 0 saturated heterocycles. The van der Waals surface area contributed by atoms with Gasteiger partial charge in [0.05, 0.1) is 17.2 Å². The molecule has 7 heteroatoms. The molecule has 0 spiro atoms. The first-order chi connectivity index (χ1) is 15.9. The lowest BCUT2D eigenvalue weighted by Crippen LogP contribution is -2.32. The molecule has 0 unspecified atom stereocenters. The van der Waals surface area contributed by atoms with Gasteiger partial charge in [-0.25, -0.2) is 4.99 Å². The average molecular weight is 441 g/mol. The van der Waals surface area contributed by atoms with Crippen molar-refractivity contribution in [2.24, 2.45) is 10.9 Å². The summed E-state index contributed by atoms with van der Waals surface area (Å²) in [6, 6.07) is 22.7. The van der Waals surface area contributed by atoms with Gasteiger partial charge in [-0.15, -0.1) is 0 Å². The third-order valence-electron chi connectivity index (χ3n) is 4.98. The smallest absolute Gasteiger partial charge is 0.282 e. The number of hydrogen-bond acceptors (Lipinski definition) is 5. The number of nitro benzene ring substituents is 1. The standard InChI is InChI=1S/C26H23N3O4/c1-18(2)17-33-23-14-8-20(9-15-23)25-27-24(16-19-6-4-3-5-7-19)26(30)28(25)21-10-12-22(13-11-21)29(31)32/h3-16,18H,17H2,1-2H3/b24-16+. The van der Waals surface area contributed by atoms with Crippen molar-refractivity contribution >= 4 is 29.2 Å². The number of non-ortho nitro benzene ring substituents is 1. The fourth-order valence-corrected chi connectivity index (χ4v) is 3.34. The molecule has 0 aliphatic carbocycles. The van der Waals surface area contributed by atoms with Crippen molar-refractivity contribution in [2.75, 3.05) is 11.5 Å². The monoisotopic (exact) mass is 441 g/mol. The van der Waals surface area contributed by atoms with Crippen molar-refractivity contribution < 1.29 is 14.5 Å². The number of amidine groups is 1. The maximum atomic E-state index is 13.3. The van der Waals surface area contributed by atoms with Gasteiger partial charge in [-0.3, -0.25) is 19.8 Å². The van der Waals surface area contributed by atoms with Crippen molar-refractivity contribution in [3.05, 3.63) is 106 Å². The Morgan fingerprint density at radius 1 is 1.00 bits per heavy atom. The van der Waals surface area contributed by atoms with E-state index in [4.69, 9.17) is 4.74 Å². The molecular formula is C26H23N3O4. The molecule has 1 heterocycles. The molecule has 3 aromatic rings. The van der Waals surface area contributed by atoms with Crippen molar-refractivity contribution in [1.82, 2.24) is 0 Å². The zero-order valence-corrected chi connectivity index (χ0v) is 18.3. The van der Waals surface area contributed by atoms with Gasteiger partial charge in [0.1, 0.15) is 17.3 Å². The summed E-state index contributed by atoms with van der Waals surface area (Å²) in [4.78, 5) is 30.0. The minimum Gasteiger partial charge on any atom is -0.493 e. The SMILES string of the molecule is CC(C)COc1ccc(C2=N/C(=C/c3ccccc3)C(=O)N2c2ccc([N+](=O)[O-])cc2)cc1. The molecule has 3 aromatic carbocycles. The van der Waals surface area contributed by atoms with E-state index in [2.05, 4.69) is 18.8 Å². The Morgan fingerprint density at radius 2 is 1.67 bits per heavy atom. The predicted molar refractivity (Wildman–Crippen MR) is 128 cm³/mol. The Morgan fingerprint density at radius 3 is 2.27 bits per heavy atom. The number of rotatable bonds is 7. The Balaban J connectivity index is 1.72. The van der Waals surface area contributed by atoms with E-state index in [1.807, 2.05) is 54.6 Å². The van der Waals surface area contributed by atoms with E-state index in [0.29, 0.717) is 24.0 Å². The van der Waals surface area contributed by atoms with Crippen LogP contribution in [0.15, 0.2) is 89.6 Å². The first kappa shape index (κ1) is 22.0. The van der Waals surface area contributed by atoms with Crippen molar-refractivity contribution in [3.8, 4) is 5.75 Å². The molecule has 0 N–H and O–H groups in total. The number of carbonyl (C=O) groups excluding carboxylic acids is 1. The topological polar surface area (TPSA) is 85.0 Å². The number of aliphatic imine (C=N–C) groups is 1. The van der Waals surface area contributed by atoms with Crippen LogP contribution >= 0.6 is 0 Å². The van der Waals surface area contributed by atoms with Crippen LogP contribution in [0.1, 0.15) is 25.0 Å². The minimum absolute atomic E-state index is 0.0458. The van der Waals surface area contributed by atoms with Gasteiger partial charge in [0.15, 0.2) is 0 Å². The number of amides is 1. The van der Waals surface area contributed by atoms with Gasteiger partial charge < -0.3 is 4.74 Å². The van der Waals surface area contributed by atoms with Gasteiger partial charge in [-0.05, 0) is 54.0 Å². The fraction of sp³-hybridized carbons (Fsp3) is 0.154. The lowest BCUT2D eigenvalue weighted by Gasteiger charge is -2.18. The van der Waals surface area contributed by atoms with Crippen molar-refractivity contribution in [3.63, 3.8) is 0 Å². The molecule has 0 radical (unpaired) electrons. The molecule has 166 valence electrons. The normalized spacial score (nSPS) is 14.6. The van der Waals surface area contributed by atoms with Crippen LogP contribution in [0, 0.1) is 16.0 Å². The molecule has 7 nitrogen and oxygen atoms in total. The molecule has 4 rings (SSSR count). The van der Waals surface area contributed by atoms with E-state index in [0.717, 1.165) is 16.9 Å². The number of nitro groups is 1. The summed E-state index contributed by atoms with van der Waals surface area (Å²) in [6.45, 7) is 4.77. The zero-order chi connectivity index (χ0) is 23.4. The number of ether oxygens (including phenoxy) is 1. The quantitative estimate of drug-likeness (QED) is 0.277. The van der Waals surface area contributed by atoms with Gasteiger partial charge in [-0.2, -0.15) is 0 Å². The molecular weight excluding hydrogens is 418 g/mol. The predicted octanol–water partition coefficient (Wildman–Crippen LogP) is 5.46. The molecule has 0 atom stereocenters. The number of benzene rings is 3. The summed E-state index contributed by atoms with van der Waals surface area (Å²) in [5, 5.41) is 11.0. The molecule has 1 amide bonds. The maximum absolute atomic E-state index is 13.3. The van der Waals surface area contributed by atoms with Crippen LogP contribution in [-0.2, 0) is 4.79 Å². The molecule has 33 heavy (non-hydrogen) atoms. The summed E-state index contributed by atoms with van der Waals surface area (Å²) < 4.78 is 5.76. The highest BCUT2D eigenvalue weighted by atomic mass is 16.6. The number of carbonyl (C=O) groups is 1. The summed E-state index contributed by atoms with van der Waals surface area (Å²) in [6.07, 6.45) is 1.73. The molecule has 0 fully saturated rings. The fourth-order valence-electron chi connectivity index (χ4n) is 3.34. The van der Waals surface area contributed by atoms with Gasteiger partial charge in [-0.1, -0.05) is 44.2 Å².